The van der Waals surface area contributed by atoms with Crippen LogP contribution in [-0.4, -0.2) is 58.8 Å². The zero-order valence-corrected chi connectivity index (χ0v) is 19.0. The van der Waals surface area contributed by atoms with E-state index in [-0.39, 0.29) is 29.8 Å². The van der Waals surface area contributed by atoms with Gasteiger partial charge < -0.3 is 9.64 Å². The van der Waals surface area contributed by atoms with Gasteiger partial charge in [-0.25, -0.2) is 0 Å². The molecule has 8 nitrogen and oxygen atoms in total. The van der Waals surface area contributed by atoms with Crippen LogP contribution in [0.1, 0.15) is 67.8 Å². The van der Waals surface area contributed by atoms with Crippen LogP contribution in [0.25, 0.3) is 0 Å². The molecular weight excluding hydrogens is 420 g/mol. The van der Waals surface area contributed by atoms with Crippen molar-refractivity contribution in [1.29, 1.82) is 5.26 Å². The molecule has 3 aliphatic heterocycles. The van der Waals surface area contributed by atoms with Crippen LogP contribution in [0.5, 0.6) is 5.75 Å². The van der Waals surface area contributed by atoms with E-state index in [2.05, 4.69) is 23.2 Å². The number of ether oxygens (including phenoxy) is 1. The van der Waals surface area contributed by atoms with Gasteiger partial charge in [0.15, 0.2) is 0 Å². The van der Waals surface area contributed by atoms with Crippen LogP contribution in [0, 0.1) is 16.7 Å². The molecule has 3 atom stereocenters. The van der Waals surface area contributed by atoms with Crippen molar-refractivity contribution in [2.45, 2.75) is 76.6 Å². The molecule has 0 bridgehead atoms. The van der Waals surface area contributed by atoms with Crippen LogP contribution in [0.3, 0.4) is 0 Å². The van der Waals surface area contributed by atoms with Gasteiger partial charge in [0.25, 0.3) is 5.91 Å². The Bertz CT molecular complexity index is 1020. The minimum absolute atomic E-state index is 0.0952. The van der Waals surface area contributed by atoms with Crippen molar-refractivity contribution in [2.75, 3.05) is 13.1 Å². The molecule has 3 heterocycles. The summed E-state index contributed by atoms with van der Waals surface area (Å²) < 4.78 is 6.44. The Morgan fingerprint density at radius 2 is 1.94 bits per heavy atom. The van der Waals surface area contributed by atoms with Gasteiger partial charge in [0.2, 0.25) is 11.8 Å². The van der Waals surface area contributed by atoms with E-state index in [9.17, 15) is 19.6 Å². The number of rotatable bonds is 4. The summed E-state index contributed by atoms with van der Waals surface area (Å²) in [5.41, 5.74) is 1.24. The van der Waals surface area contributed by atoms with Gasteiger partial charge >= 0.3 is 0 Å². The highest BCUT2D eigenvalue weighted by molar-refractivity contribution is 6.05. The molecule has 1 aromatic carbocycles. The summed E-state index contributed by atoms with van der Waals surface area (Å²) in [4.78, 5) is 40.7. The van der Waals surface area contributed by atoms with Gasteiger partial charge in [0, 0.05) is 37.7 Å². The third kappa shape index (κ3) is 4.10. The van der Waals surface area contributed by atoms with E-state index in [0.717, 1.165) is 56.5 Å². The van der Waals surface area contributed by atoms with Crippen molar-refractivity contribution < 1.29 is 19.1 Å². The lowest BCUT2D eigenvalue weighted by atomic mass is 9.81. The van der Waals surface area contributed by atoms with E-state index in [1.807, 2.05) is 12.1 Å². The molecule has 5 rings (SSSR count). The molecular formula is C25H30N4O4. The Hall–Kier alpha value is -2.92. The molecule has 1 aromatic rings. The first-order valence-corrected chi connectivity index (χ1v) is 12.0. The number of hydrogen-bond donors (Lipinski definition) is 1. The predicted molar refractivity (Wildman–Crippen MR) is 119 cm³/mol. The Morgan fingerprint density at radius 3 is 2.67 bits per heavy atom. The molecule has 174 valence electrons. The van der Waals surface area contributed by atoms with Crippen LogP contribution in [0.15, 0.2) is 18.2 Å². The molecule has 4 aliphatic rings. The smallest absolute Gasteiger partial charge is 0.255 e. The SMILES string of the molecule is CC1(C#N)CCN([C@@H]2CCC[C@H]2Oc2ccc3c(c2)CN(C2CCC(=O)NC2=O)C3=O)CC1. The number of nitrogens with one attached hydrogen (secondary N) is 1. The molecule has 0 radical (unpaired) electrons. The second-order valence-corrected chi connectivity index (χ2v) is 10.1. The number of nitrogens with zero attached hydrogens (tertiary/aromatic N) is 3. The lowest BCUT2D eigenvalue weighted by Gasteiger charge is -2.40. The Kier molecular flexibility index (Phi) is 5.61. The van der Waals surface area contributed by atoms with Gasteiger partial charge in [-0.1, -0.05) is 0 Å². The van der Waals surface area contributed by atoms with Crippen LogP contribution >= 0.6 is 0 Å². The third-order valence-corrected chi connectivity index (χ3v) is 7.84. The van der Waals surface area contributed by atoms with Gasteiger partial charge in [-0.2, -0.15) is 5.26 Å². The van der Waals surface area contributed by atoms with Crippen LogP contribution < -0.4 is 10.1 Å². The zero-order chi connectivity index (χ0) is 23.2. The number of hydrogen-bond acceptors (Lipinski definition) is 6. The number of imide groups is 1. The quantitative estimate of drug-likeness (QED) is 0.707. The second kappa shape index (κ2) is 8.45. The van der Waals surface area contributed by atoms with Gasteiger partial charge in [-0.15, -0.1) is 0 Å². The van der Waals surface area contributed by atoms with Crippen molar-refractivity contribution in [3.63, 3.8) is 0 Å². The maximum atomic E-state index is 12.9. The highest BCUT2D eigenvalue weighted by atomic mass is 16.5. The maximum Gasteiger partial charge on any atom is 0.255 e. The lowest BCUT2D eigenvalue weighted by molar-refractivity contribution is -0.136. The Morgan fingerprint density at radius 1 is 1.15 bits per heavy atom. The standard InChI is InChI=1S/C25H30N4O4/c1-25(15-26)9-11-28(12-10-25)19-3-2-4-21(19)33-17-5-6-18-16(13-17)14-29(24(18)32)20-7-8-22(30)27-23(20)31/h5-6,13,19-21H,2-4,7-12,14H2,1H3,(H,27,30,31)/t19-,20?,21-/m1/s1. The maximum absolute atomic E-state index is 12.9. The van der Waals surface area contributed by atoms with Crippen molar-refractivity contribution in [3.05, 3.63) is 29.3 Å². The lowest BCUT2D eigenvalue weighted by Crippen LogP contribution is -2.52. The molecule has 1 unspecified atom stereocenters. The minimum atomic E-state index is -0.607. The minimum Gasteiger partial charge on any atom is -0.489 e. The first kappa shape index (κ1) is 21.9. The molecule has 33 heavy (non-hydrogen) atoms. The highest BCUT2D eigenvalue weighted by Gasteiger charge is 2.41. The van der Waals surface area contributed by atoms with Crippen molar-refractivity contribution in [2.24, 2.45) is 5.41 Å². The normalized spacial score (nSPS) is 29.5. The number of amides is 3. The van der Waals surface area contributed by atoms with Gasteiger partial charge in [0.05, 0.1) is 11.5 Å². The summed E-state index contributed by atoms with van der Waals surface area (Å²) in [5, 5.41) is 11.8. The van der Waals surface area contributed by atoms with E-state index in [4.69, 9.17) is 4.74 Å². The van der Waals surface area contributed by atoms with E-state index < -0.39 is 11.9 Å². The Labute approximate surface area is 193 Å². The largest absolute Gasteiger partial charge is 0.489 e. The van der Waals surface area contributed by atoms with Gasteiger partial charge in [0.1, 0.15) is 17.9 Å². The van der Waals surface area contributed by atoms with Crippen molar-refractivity contribution >= 4 is 17.7 Å². The van der Waals surface area contributed by atoms with E-state index in [1.54, 1.807) is 11.0 Å². The van der Waals surface area contributed by atoms with Crippen molar-refractivity contribution in [3.8, 4) is 11.8 Å². The average Bonchev–Trinajstić information content (AvgIpc) is 3.39. The molecule has 3 amide bonds. The van der Waals surface area contributed by atoms with Crippen LogP contribution in [0.2, 0.25) is 0 Å². The molecule has 0 aromatic heterocycles. The molecule has 3 fully saturated rings. The predicted octanol–water partition coefficient (Wildman–Crippen LogP) is 2.37. The Balaban J connectivity index is 1.25. The molecule has 2 saturated heterocycles. The second-order valence-electron chi connectivity index (χ2n) is 10.1. The van der Waals surface area contributed by atoms with E-state index in [0.29, 0.717) is 24.6 Å². The van der Waals surface area contributed by atoms with Crippen LogP contribution in [0.4, 0.5) is 0 Å². The topological polar surface area (TPSA) is 103 Å². The molecule has 1 N–H and O–H groups in total. The fourth-order valence-corrected chi connectivity index (χ4v) is 5.72. The number of benzene rings is 1. The van der Waals surface area contributed by atoms with Gasteiger partial charge in [-0.05, 0) is 69.2 Å². The summed E-state index contributed by atoms with van der Waals surface area (Å²) in [5.74, 6) is -0.0963. The number of likely N-dealkylation sites (tertiary alicyclic amines) is 1. The van der Waals surface area contributed by atoms with E-state index in [1.165, 1.54) is 0 Å². The highest BCUT2D eigenvalue weighted by Crippen LogP contribution is 2.36. The van der Waals surface area contributed by atoms with Crippen LogP contribution in [-0.2, 0) is 16.1 Å². The molecule has 0 spiro atoms. The molecule has 8 heteroatoms. The third-order valence-electron chi connectivity index (χ3n) is 7.84. The summed E-state index contributed by atoms with van der Waals surface area (Å²) in [6.07, 6.45) is 5.70. The number of fused-ring (bicyclic) bond motifs is 1. The zero-order valence-electron chi connectivity index (χ0n) is 19.0. The molecule has 1 aliphatic carbocycles. The molecule has 1 saturated carbocycles. The first-order chi connectivity index (χ1) is 15.9. The first-order valence-electron chi connectivity index (χ1n) is 12.0. The fourth-order valence-electron chi connectivity index (χ4n) is 5.72. The van der Waals surface area contributed by atoms with Gasteiger partial charge in [-0.3, -0.25) is 24.6 Å². The summed E-state index contributed by atoms with van der Waals surface area (Å²) >= 11 is 0. The summed E-state index contributed by atoms with van der Waals surface area (Å²) in [7, 11) is 0. The summed E-state index contributed by atoms with van der Waals surface area (Å²) in [6.45, 7) is 4.25. The van der Waals surface area contributed by atoms with E-state index >= 15 is 0 Å². The number of carbonyl (C=O) groups excluding carboxylic acids is 3. The number of nitriles is 1. The summed E-state index contributed by atoms with van der Waals surface area (Å²) in [6, 6.07) is 7.79. The monoisotopic (exact) mass is 450 g/mol. The number of carbonyl (C=O) groups is 3. The fraction of sp³-hybridized carbons (Fsp3) is 0.600. The number of piperidine rings is 2. The van der Waals surface area contributed by atoms with Crippen molar-refractivity contribution in [1.82, 2.24) is 15.1 Å². The average molecular weight is 451 g/mol.